The first-order valence-corrected chi connectivity index (χ1v) is 5.42. The number of hydrogen-bond acceptors (Lipinski definition) is 6. The minimum atomic E-state index is -0.530. The number of hydrogen-bond donors (Lipinski definition) is 1. The zero-order valence-corrected chi connectivity index (χ0v) is 9.78. The van der Waals surface area contributed by atoms with Gasteiger partial charge in [0.05, 0.1) is 10.6 Å². The molecule has 18 heavy (non-hydrogen) atoms. The lowest BCUT2D eigenvalue weighted by atomic mass is 10.2. The summed E-state index contributed by atoms with van der Waals surface area (Å²) in [6, 6.07) is 1.67. The third-order valence-corrected chi connectivity index (χ3v) is 2.38. The fourth-order valence-corrected chi connectivity index (χ4v) is 1.64. The van der Waals surface area contributed by atoms with Crippen LogP contribution in [0.1, 0.15) is 13.3 Å². The van der Waals surface area contributed by atoms with Crippen LogP contribution >= 0.6 is 0 Å². The van der Waals surface area contributed by atoms with Crippen molar-refractivity contribution in [2.45, 2.75) is 19.9 Å². The molecule has 0 saturated carbocycles. The summed E-state index contributed by atoms with van der Waals surface area (Å²) < 4.78 is 1.66. The van der Waals surface area contributed by atoms with Crippen LogP contribution in [0, 0.1) is 10.1 Å². The number of aromatic nitrogens is 4. The summed E-state index contributed by atoms with van der Waals surface area (Å²) in [7, 11) is 0. The van der Waals surface area contributed by atoms with E-state index in [1.807, 2.05) is 6.92 Å². The van der Waals surface area contributed by atoms with Crippen LogP contribution in [-0.2, 0) is 6.54 Å². The van der Waals surface area contributed by atoms with Gasteiger partial charge in [0.2, 0.25) is 5.95 Å². The first-order chi connectivity index (χ1) is 8.63. The highest BCUT2D eigenvalue weighted by Crippen LogP contribution is 2.27. The van der Waals surface area contributed by atoms with Crippen molar-refractivity contribution in [2.24, 2.45) is 0 Å². The van der Waals surface area contributed by atoms with Crippen LogP contribution in [0.2, 0.25) is 0 Å². The highest BCUT2D eigenvalue weighted by atomic mass is 16.6. The molecule has 0 fully saturated rings. The molecule has 0 unspecified atom stereocenters. The second-order valence-electron chi connectivity index (χ2n) is 3.66. The van der Waals surface area contributed by atoms with Gasteiger partial charge in [-0.2, -0.15) is 5.10 Å². The number of nitrogens with zero attached hydrogens (tertiary/aromatic N) is 5. The van der Waals surface area contributed by atoms with Crippen LogP contribution in [0.3, 0.4) is 0 Å². The third-order valence-electron chi connectivity index (χ3n) is 2.38. The van der Waals surface area contributed by atoms with E-state index in [9.17, 15) is 10.1 Å². The van der Waals surface area contributed by atoms with Gasteiger partial charge < -0.3 is 5.73 Å². The van der Waals surface area contributed by atoms with E-state index < -0.39 is 4.92 Å². The monoisotopic (exact) mass is 248 g/mol. The lowest BCUT2D eigenvalue weighted by Gasteiger charge is -2.06. The Morgan fingerprint density at radius 1 is 1.56 bits per heavy atom. The molecule has 8 nitrogen and oxygen atoms in total. The molecule has 0 aliphatic carbocycles. The fraction of sp³-hybridized carbons (Fsp3) is 0.300. The fourth-order valence-electron chi connectivity index (χ4n) is 1.64. The number of nitro groups is 1. The van der Waals surface area contributed by atoms with Crippen LogP contribution in [0.4, 0.5) is 11.6 Å². The molecular weight excluding hydrogens is 236 g/mol. The van der Waals surface area contributed by atoms with Crippen molar-refractivity contribution in [1.82, 2.24) is 19.7 Å². The summed E-state index contributed by atoms with van der Waals surface area (Å²) in [5.41, 5.74) is 6.06. The highest BCUT2D eigenvalue weighted by molar-refractivity contribution is 5.66. The predicted octanol–water partition coefficient (Wildman–Crippen LogP) is 1.24. The second-order valence-corrected chi connectivity index (χ2v) is 3.66. The molecule has 0 amide bonds. The number of nitrogens with two attached hydrogens (primary N) is 1. The van der Waals surface area contributed by atoms with Gasteiger partial charge in [-0.15, -0.1) is 0 Å². The van der Waals surface area contributed by atoms with E-state index in [0.717, 1.165) is 12.6 Å². The van der Waals surface area contributed by atoms with Crippen LogP contribution in [0.15, 0.2) is 18.5 Å². The van der Waals surface area contributed by atoms with Crippen LogP contribution in [0.5, 0.6) is 0 Å². The minimum Gasteiger partial charge on any atom is -0.368 e. The van der Waals surface area contributed by atoms with E-state index in [4.69, 9.17) is 5.73 Å². The van der Waals surface area contributed by atoms with Gasteiger partial charge in [0, 0.05) is 12.7 Å². The summed E-state index contributed by atoms with van der Waals surface area (Å²) in [6.07, 6.45) is 3.55. The molecular formula is C10H12N6O2. The summed E-state index contributed by atoms with van der Waals surface area (Å²) in [6.45, 7) is 2.65. The Labute approximate surface area is 103 Å². The number of aryl methyl sites for hydroxylation is 1. The van der Waals surface area contributed by atoms with Gasteiger partial charge in [-0.1, -0.05) is 6.92 Å². The first-order valence-electron chi connectivity index (χ1n) is 5.42. The highest BCUT2D eigenvalue weighted by Gasteiger charge is 2.21. The maximum atomic E-state index is 11.0. The molecule has 2 N–H and O–H groups in total. The van der Waals surface area contributed by atoms with E-state index in [1.165, 1.54) is 0 Å². The summed E-state index contributed by atoms with van der Waals surface area (Å²) >= 11 is 0. The Hall–Kier alpha value is -2.51. The molecule has 0 spiro atoms. The van der Waals surface area contributed by atoms with Crippen molar-refractivity contribution in [3.63, 3.8) is 0 Å². The van der Waals surface area contributed by atoms with Crippen molar-refractivity contribution in [3.05, 3.63) is 28.6 Å². The molecule has 8 heteroatoms. The quantitative estimate of drug-likeness (QED) is 0.643. The Morgan fingerprint density at radius 2 is 2.33 bits per heavy atom. The molecule has 0 saturated heterocycles. The molecule has 2 aromatic rings. The lowest BCUT2D eigenvalue weighted by Crippen LogP contribution is -2.06. The predicted molar refractivity (Wildman–Crippen MR) is 64.6 cm³/mol. The van der Waals surface area contributed by atoms with E-state index in [0.29, 0.717) is 12.2 Å². The maximum absolute atomic E-state index is 11.0. The zero-order valence-electron chi connectivity index (χ0n) is 9.78. The molecule has 0 aliphatic heterocycles. The normalized spacial score (nSPS) is 10.5. The van der Waals surface area contributed by atoms with Gasteiger partial charge >= 0.3 is 5.69 Å². The van der Waals surface area contributed by atoms with Gasteiger partial charge in [-0.3, -0.25) is 14.8 Å². The number of anilines is 1. The third kappa shape index (κ3) is 2.12. The Morgan fingerprint density at radius 3 is 3.00 bits per heavy atom. The topological polar surface area (TPSA) is 113 Å². The van der Waals surface area contributed by atoms with Gasteiger partial charge in [0.1, 0.15) is 6.20 Å². The van der Waals surface area contributed by atoms with Gasteiger partial charge in [-0.25, -0.2) is 9.97 Å². The Bertz CT molecular complexity index is 579. The first kappa shape index (κ1) is 12.0. The van der Waals surface area contributed by atoms with Gasteiger partial charge in [0.25, 0.3) is 0 Å². The van der Waals surface area contributed by atoms with E-state index in [1.54, 1.807) is 16.9 Å². The summed E-state index contributed by atoms with van der Waals surface area (Å²) in [5, 5.41) is 15.1. The molecule has 0 radical (unpaired) electrons. The number of nitrogen functional groups attached to an aromatic ring is 1. The molecule has 2 heterocycles. The average molecular weight is 248 g/mol. The van der Waals surface area contributed by atoms with Crippen LogP contribution in [-0.4, -0.2) is 24.7 Å². The smallest absolute Gasteiger partial charge is 0.315 e. The standard InChI is InChI=1S/C10H12N6O2/c1-2-5-15-7(3-4-13-15)9-8(16(17)18)6-12-10(11)14-9/h3-4,6H,2,5H2,1H3,(H2,11,12,14). The Balaban J connectivity index is 2.58. The number of rotatable bonds is 4. The zero-order chi connectivity index (χ0) is 13.1. The van der Waals surface area contributed by atoms with Gasteiger partial charge in [-0.05, 0) is 12.5 Å². The van der Waals surface area contributed by atoms with E-state index in [2.05, 4.69) is 15.1 Å². The molecule has 2 rings (SSSR count). The molecule has 0 atom stereocenters. The summed E-state index contributed by atoms with van der Waals surface area (Å²) in [5.74, 6) is -0.000140. The SMILES string of the molecule is CCCn1nccc1-c1nc(N)ncc1[N+](=O)[O-]. The maximum Gasteiger partial charge on any atom is 0.315 e. The lowest BCUT2D eigenvalue weighted by molar-refractivity contribution is -0.384. The molecule has 94 valence electrons. The van der Waals surface area contributed by atoms with Gasteiger partial charge in [0.15, 0.2) is 5.69 Å². The van der Waals surface area contributed by atoms with Crippen molar-refractivity contribution in [1.29, 1.82) is 0 Å². The van der Waals surface area contributed by atoms with Crippen molar-refractivity contribution in [3.8, 4) is 11.4 Å². The molecule has 0 aromatic carbocycles. The van der Waals surface area contributed by atoms with Crippen molar-refractivity contribution >= 4 is 11.6 Å². The van der Waals surface area contributed by atoms with Crippen molar-refractivity contribution in [2.75, 3.05) is 5.73 Å². The summed E-state index contributed by atoms with van der Waals surface area (Å²) in [4.78, 5) is 18.0. The van der Waals surface area contributed by atoms with E-state index in [-0.39, 0.29) is 17.3 Å². The van der Waals surface area contributed by atoms with Crippen LogP contribution in [0.25, 0.3) is 11.4 Å². The minimum absolute atomic E-state index is 0.000140. The van der Waals surface area contributed by atoms with E-state index >= 15 is 0 Å². The Kier molecular flexibility index (Phi) is 3.18. The second kappa shape index (κ2) is 4.78. The molecule has 2 aromatic heterocycles. The molecule has 0 aliphatic rings. The molecule has 0 bridgehead atoms. The van der Waals surface area contributed by atoms with Crippen LogP contribution < -0.4 is 5.73 Å². The largest absolute Gasteiger partial charge is 0.368 e. The van der Waals surface area contributed by atoms with Crippen molar-refractivity contribution < 1.29 is 4.92 Å². The average Bonchev–Trinajstić information content (AvgIpc) is 2.77.